The zero-order valence-electron chi connectivity index (χ0n) is 32.7. The minimum atomic E-state index is -2.95. The zero-order chi connectivity index (χ0) is 37.7. The summed E-state index contributed by atoms with van der Waals surface area (Å²) < 4.78 is 30.5. The number of nitrogens with one attached hydrogen (secondary N) is 1. The minimum Gasteiger partial charge on any atom is -0.490 e. The summed E-state index contributed by atoms with van der Waals surface area (Å²) in [5.41, 5.74) is 3.32. The Balaban J connectivity index is 1.29. The number of fused-ring (bicyclic) bond motifs is 4. The molecule has 53 heavy (non-hydrogen) atoms. The van der Waals surface area contributed by atoms with Crippen molar-refractivity contribution in [1.82, 2.24) is 14.5 Å². The van der Waals surface area contributed by atoms with E-state index in [0.29, 0.717) is 36.1 Å². The maximum atomic E-state index is 14.1. The lowest BCUT2D eigenvalue weighted by Crippen LogP contribution is -2.61. The van der Waals surface area contributed by atoms with Crippen molar-refractivity contribution in [3.8, 4) is 5.75 Å². The van der Waals surface area contributed by atoms with E-state index in [1.807, 2.05) is 32.2 Å². The highest BCUT2D eigenvalue weighted by atomic mass is 35.5. The largest absolute Gasteiger partial charge is 0.490 e. The van der Waals surface area contributed by atoms with Crippen molar-refractivity contribution in [2.24, 2.45) is 17.8 Å². The molecule has 8 atom stereocenters. The van der Waals surface area contributed by atoms with Gasteiger partial charge in [-0.25, -0.2) is 4.21 Å². The molecule has 2 aromatic rings. The van der Waals surface area contributed by atoms with E-state index in [4.69, 9.17) is 21.1 Å². The van der Waals surface area contributed by atoms with Crippen molar-refractivity contribution < 1.29 is 18.5 Å². The Morgan fingerprint density at radius 3 is 2.64 bits per heavy atom. The molecule has 1 N–H and O–H groups in total. The van der Waals surface area contributed by atoms with Gasteiger partial charge in [-0.1, -0.05) is 36.7 Å². The molecule has 7 rings (SSSR count). The van der Waals surface area contributed by atoms with Gasteiger partial charge >= 0.3 is 0 Å². The van der Waals surface area contributed by atoms with Crippen LogP contribution >= 0.6 is 11.6 Å². The Kier molecular flexibility index (Phi) is 11.1. The van der Waals surface area contributed by atoms with Gasteiger partial charge in [0.05, 0.1) is 22.0 Å². The van der Waals surface area contributed by atoms with E-state index < -0.39 is 15.3 Å². The van der Waals surface area contributed by atoms with Gasteiger partial charge in [-0.15, -0.1) is 0 Å². The predicted octanol–water partition coefficient (Wildman–Crippen LogP) is 6.98. The van der Waals surface area contributed by atoms with Crippen molar-refractivity contribution in [3.05, 3.63) is 70.3 Å². The van der Waals surface area contributed by atoms with Gasteiger partial charge in [0, 0.05) is 79.7 Å². The van der Waals surface area contributed by atoms with Crippen LogP contribution in [0.5, 0.6) is 5.75 Å². The van der Waals surface area contributed by atoms with E-state index in [1.165, 1.54) is 11.1 Å². The summed E-state index contributed by atoms with van der Waals surface area (Å²) in [6, 6.07) is 13.0. The third-order valence-corrected chi connectivity index (χ3v) is 16.1. The third-order valence-electron chi connectivity index (χ3n) is 13.7. The van der Waals surface area contributed by atoms with Gasteiger partial charge in [0.25, 0.3) is 5.91 Å². The monoisotopic (exact) mass is 764 g/mol. The average Bonchev–Trinajstić information content (AvgIpc) is 3.25. The fourth-order valence-corrected chi connectivity index (χ4v) is 11.9. The van der Waals surface area contributed by atoms with Gasteiger partial charge in [0.15, 0.2) is 0 Å². The first-order valence-corrected chi connectivity index (χ1v) is 22.1. The van der Waals surface area contributed by atoms with Crippen LogP contribution in [0, 0.1) is 17.8 Å². The van der Waals surface area contributed by atoms with Crippen molar-refractivity contribution in [2.45, 2.75) is 101 Å². The van der Waals surface area contributed by atoms with Crippen LogP contribution in [0.15, 0.2) is 48.6 Å². The number of carbonyl (C=O) groups excluding carboxylic acids is 1. The number of methoxy groups -OCH3 is 1. The van der Waals surface area contributed by atoms with Crippen LogP contribution in [0.1, 0.15) is 88.2 Å². The van der Waals surface area contributed by atoms with Gasteiger partial charge in [-0.05, 0) is 131 Å². The molecule has 1 unspecified atom stereocenters. The summed E-state index contributed by atoms with van der Waals surface area (Å²) in [5.74, 6) is 5.23. The summed E-state index contributed by atoms with van der Waals surface area (Å²) >= 11 is 6.53. The number of carbonyl (C=O) groups is 1. The lowest BCUT2D eigenvalue weighted by Gasteiger charge is -2.53. The fraction of sp³-hybridized carbons (Fsp3) is 0.628. The van der Waals surface area contributed by atoms with Crippen molar-refractivity contribution in [2.75, 3.05) is 57.9 Å². The van der Waals surface area contributed by atoms with E-state index in [1.54, 1.807) is 6.07 Å². The van der Waals surface area contributed by atoms with Crippen molar-refractivity contribution in [3.63, 3.8) is 0 Å². The second kappa shape index (κ2) is 15.2. The van der Waals surface area contributed by atoms with Crippen LogP contribution < -0.4 is 14.4 Å². The Bertz CT molecular complexity index is 1820. The van der Waals surface area contributed by atoms with Crippen LogP contribution in [0.4, 0.5) is 5.69 Å². The first kappa shape index (κ1) is 38.7. The molecule has 5 aliphatic rings. The van der Waals surface area contributed by atoms with Crippen LogP contribution in [0.25, 0.3) is 0 Å². The summed E-state index contributed by atoms with van der Waals surface area (Å²) in [4.78, 5) is 21.6. The molecule has 0 radical (unpaired) electrons. The number of aryl methyl sites for hydroxylation is 1. The fourth-order valence-electron chi connectivity index (χ4n) is 10.2. The summed E-state index contributed by atoms with van der Waals surface area (Å²) in [6.07, 6.45) is 10.6. The molecular formula is C43H61ClN4O4S. The Hall–Kier alpha value is -2.56. The Morgan fingerprint density at radius 2 is 1.92 bits per heavy atom. The Labute approximate surface area is 323 Å². The van der Waals surface area contributed by atoms with Gasteiger partial charge in [-0.3, -0.25) is 19.3 Å². The van der Waals surface area contributed by atoms with E-state index in [9.17, 15) is 9.00 Å². The highest BCUT2D eigenvalue weighted by Crippen LogP contribution is 2.49. The third kappa shape index (κ3) is 7.54. The van der Waals surface area contributed by atoms with Gasteiger partial charge in [0.2, 0.25) is 0 Å². The van der Waals surface area contributed by atoms with Gasteiger partial charge < -0.3 is 14.4 Å². The number of hydrogen-bond donors (Lipinski definition) is 1. The van der Waals surface area contributed by atoms with Crippen LogP contribution in [-0.4, -0.2) is 102 Å². The van der Waals surface area contributed by atoms with Crippen LogP contribution in [-0.2, 0) is 26.3 Å². The number of ether oxygens (including phenoxy) is 2. The molecule has 1 amide bonds. The van der Waals surface area contributed by atoms with Crippen LogP contribution in [0.2, 0.25) is 5.02 Å². The number of rotatable bonds is 4. The maximum absolute atomic E-state index is 14.1. The SMILES string of the molecule is C=S1(=O)NC(=O)c2ccc3c(c2)N(C[C@@H]2CC[C@H]2[C@](CN2CCN(C(C)C)[C@H](C)C2)(OC)/C=C/C[C@H](C)[C@H]1C)C[C@@]1(CCCc2cc(Cl)ccc21)CO3. The van der Waals surface area contributed by atoms with Gasteiger partial charge in [-0.2, -0.15) is 0 Å². The molecule has 10 heteroatoms. The number of benzene rings is 2. The predicted molar refractivity (Wildman–Crippen MR) is 219 cm³/mol. The first-order valence-electron chi connectivity index (χ1n) is 19.9. The summed E-state index contributed by atoms with van der Waals surface area (Å²) in [5, 5.41) is 0.439. The Morgan fingerprint density at radius 1 is 1.11 bits per heavy atom. The molecule has 2 aromatic carbocycles. The number of nitrogens with zero attached hydrogens (tertiary/aromatic N) is 3. The minimum absolute atomic E-state index is 0.0335. The normalized spacial score (nSPS) is 36.1. The van der Waals surface area contributed by atoms with Crippen LogP contribution in [0.3, 0.4) is 0 Å². The molecule has 1 saturated heterocycles. The lowest BCUT2D eigenvalue weighted by molar-refractivity contribution is -0.0992. The topological polar surface area (TPSA) is 74.4 Å². The molecule has 290 valence electrons. The quantitative estimate of drug-likeness (QED) is 0.266. The molecule has 1 saturated carbocycles. The molecule has 2 aliphatic carbocycles. The molecule has 8 nitrogen and oxygen atoms in total. The molecule has 0 aromatic heterocycles. The number of anilines is 1. The molecule has 1 spiro atoms. The highest BCUT2D eigenvalue weighted by Gasteiger charge is 2.50. The van der Waals surface area contributed by atoms with E-state index in [0.717, 1.165) is 94.3 Å². The maximum Gasteiger partial charge on any atom is 0.262 e. The van der Waals surface area contributed by atoms with Crippen molar-refractivity contribution >= 4 is 38.8 Å². The second-order valence-electron chi connectivity index (χ2n) is 17.3. The van der Waals surface area contributed by atoms with E-state index in [-0.39, 0.29) is 22.5 Å². The number of amides is 1. The standard InChI is InChI=1S/C43H61ClN4O4S/c1-29(2)48-21-20-46(24-31(48)4)27-43(51-6)19-8-10-30(3)32(5)53(7,50)45-41(49)34-13-17-40-39(23-34)47(25-35-12-15-38(35)43)26-42(28-52-40)18-9-11-33-22-36(44)14-16-37(33)42/h8,13-14,16-17,19,22-23,29-32,35,38H,7,9-12,15,18,20-21,24-28H2,1-6H3,(H,45,49,50)/b19-8+/t30-,31+,32+,35-,38+,42-,43-,53?/m0/s1. The highest BCUT2D eigenvalue weighted by molar-refractivity contribution is 7.99. The smallest absolute Gasteiger partial charge is 0.262 e. The molecule has 2 bridgehead atoms. The number of hydrogen-bond acceptors (Lipinski definition) is 7. The summed E-state index contributed by atoms with van der Waals surface area (Å²) in [7, 11) is -1.05. The number of allylic oxidation sites excluding steroid dienone is 1. The first-order chi connectivity index (χ1) is 25.2. The molecule has 3 heterocycles. The molecule has 2 fully saturated rings. The van der Waals surface area contributed by atoms with E-state index >= 15 is 0 Å². The number of piperazine rings is 1. The number of halogens is 1. The average molecular weight is 766 g/mol. The second-order valence-corrected chi connectivity index (χ2v) is 20.1. The lowest BCUT2D eigenvalue weighted by atomic mass is 9.63. The molecular weight excluding hydrogens is 704 g/mol. The van der Waals surface area contributed by atoms with Crippen molar-refractivity contribution in [1.29, 1.82) is 0 Å². The van der Waals surface area contributed by atoms with E-state index in [2.05, 4.69) is 77.3 Å². The summed E-state index contributed by atoms with van der Waals surface area (Å²) in [6.45, 7) is 17.1. The van der Waals surface area contributed by atoms with Gasteiger partial charge in [0.1, 0.15) is 11.4 Å². The molecule has 3 aliphatic heterocycles. The zero-order valence-corrected chi connectivity index (χ0v) is 34.3.